The summed E-state index contributed by atoms with van der Waals surface area (Å²) in [6.45, 7) is 10.9. The van der Waals surface area contributed by atoms with E-state index in [4.69, 9.17) is 5.73 Å². The van der Waals surface area contributed by atoms with Crippen LogP contribution in [0.2, 0.25) is 0 Å². The van der Waals surface area contributed by atoms with Gasteiger partial charge < -0.3 is 15.2 Å². The van der Waals surface area contributed by atoms with Crippen LogP contribution in [0.15, 0.2) is 29.2 Å². The van der Waals surface area contributed by atoms with Crippen LogP contribution >= 0.6 is 0 Å². The van der Waals surface area contributed by atoms with Crippen molar-refractivity contribution in [3.05, 3.63) is 34.7 Å². The maximum atomic E-state index is 11.7. The van der Waals surface area contributed by atoms with Gasteiger partial charge in [0.2, 0.25) is 0 Å². The fourth-order valence-corrected chi connectivity index (χ4v) is 2.15. The van der Waals surface area contributed by atoms with Gasteiger partial charge in [0.05, 0.1) is 0 Å². The average molecular weight is 265 g/mol. The van der Waals surface area contributed by atoms with Crippen LogP contribution in [0.3, 0.4) is 0 Å². The minimum atomic E-state index is 0.0667. The molecule has 2 N–H and O–H groups in total. The van der Waals surface area contributed by atoms with E-state index in [0.717, 1.165) is 32.6 Å². The van der Waals surface area contributed by atoms with E-state index in [2.05, 4.69) is 25.7 Å². The Labute approximate surface area is 116 Å². The van der Waals surface area contributed by atoms with Gasteiger partial charge in [-0.05, 0) is 31.0 Å². The Morgan fingerprint density at radius 2 is 2.05 bits per heavy atom. The molecule has 0 spiro atoms. The zero-order valence-electron chi connectivity index (χ0n) is 12.4. The number of pyridine rings is 1. The van der Waals surface area contributed by atoms with E-state index in [1.54, 1.807) is 16.7 Å². The second-order valence-corrected chi connectivity index (χ2v) is 5.88. The van der Waals surface area contributed by atoms with Gasteiger partial charge in [0.1, 0.15) is 0 Å². The van der Waals surface area contributed by atoms with Crippen LogP contribution in [0, 0.1) is 5.41 Å². The molecule has 0 atom stereocenters. The van der Waals surface area contributed by atoms with Crippen LogP contribution < -0.4 is 11.3 Å². The standard InChI is InChI=1S/C15H27N3O/c1-4-8-17(13-15(2,3)12-16)10-11-18-9-6-5-7-14(18)19/h5-7,9H,4,8,10-13,16H2,1-3H3. The SMILES string of the molecule is CCCN(CCn1ccccc1=O)CC(C)(C)CN. The lowest BCUT2D eigenvalue weighted by Crippen LogP contribution is -2.41. The zero-order valence-corrected chi connectivity index (χ0v) is 12.4. The van der Waals surface area contributed by atoms with Crippen molar-refractivity contribution in [2.24, 2.45) is 11.1 Å². The summed E-state index contributed by atoms with van der Waals surface area (Å²) in [5.74, 6) is 0. The molecule has 0 saturated heterocycles. The minimum absolute atomic E-state index is 0.0667. The molecule has 0 aromatic carbocycles. The van der Waals surface area contributed by atoms with Crippen LogP contribution in [0.25, 0.3) is 0 Å². The van der Waals surface area contributed by atoms with E-state index in [0.29, 0.717) is 6.54 Å². The Morgan fingerprint density at radius 3 is 2.63 bits per heavy atom. The topological polar surface area (TPSA) is 51.3 Å². The first-order chi connectivity index (χ1) is 8.98. The highest BCUT2D eigenvalue weighted by Crippen LogP contribution is 2.15. The number of aromatic nitrogens is 1. The molecule has 0 aliphatic rings. The van der Waals surface area contributed by atoms with Crippen LogP contribution in [-0.4, -0.2) is 35.6 Å². The zero-order chi connectivity index (χ0) is 14.3. The molecular weight excluding hydrogens is 238 g/mol. The molecule has 1 heterocycles. The molecule has 4 nitrogen and oxygen atoms in total. The molecule has 0 unspecified atom stereocenters. The first-order valence-corrected chi connectivity index (χ1v) is 7.06. The maximum absolute atomic E-state index is 11.7. The molecule has 0 aliphatic heterocycles. The number of rotatable bonds is 8. The predicted molar refractivity (Wildman–Crippen MR) is 80.3 cm³/mol. The lowest BCUT2D eigenvalue weighted by atomic mass is 9.93. The third kappa shape index (κ3) is 5.57. The van der Waals surface area contributed by atoms with E-state index in [1.807, 2.05) is 12.3 Å². The smallest absolute Gasteiger partial charge is 0.250 e. The lowest BCUT2D eigenvalue weighted by Gasteiger charge is -2.31. The van der Waals surface area contributed by atoms with Gasteiger partial charge >= 0.3 is 0 Å². The van der Waals surface area contributed by atoms with Crippen molar-refractivity contribution in [3.8, 4) is 0 Å². The van der Waals surface area contributed by atoms with Gasteiger partial charge in [0.15, 0.2) is 0 Å². The molecule has 0 radical (unpaired) electrons. The van der Waals surface area contributed by atoms with Crippen LogP contribution in [0.5, 0.6) is 0 Å². The van der Waals surface area contributed by atoms with Gasteiger partial charge in [0, 0.05) is 31.9 Å². The predicted octanol–water partition coefficient (Wildman–Crippen LogP) is 1.55. The average Bonchev–Trinajstić information content (AvgIpc) is 2.37. The van der Waals surface area contributed by atoms with Gasteiger partial charge in [-0.15, -0.1) is 0 Å². The van der Waals surface area contributed by atoms with Gasteiger partial charge in [-0.2, -0.15) is 0 Å². The molecule has 0 fully saturated rings. The molecular formula is C15H27N3O. The van der Waals surface area contributed by atoms with Gasteiger partial charge in [-0.3, -0.25) is 4.79 Å². The summed E-state index contributed by atoms with van der Waals surface area (Å²) >= 11 is 0. The van der Waals surface area contributed by atoms with Crippen molar-refractivity contribution in [2.75, 3.05) is 26.2 Å². The maximum Gasteiger partial charge on any atom is 0.250 e. The van der Waals surface area contributed by atoms with Gasteiger partial charge in [0.25, 0.3) is 5.56 Å². The van der Waals surface area contributed by atoms with Gasteiger partial charge in [-0.25, -0.2) is 0 Å². The summed E-state index contributed by atoms with van der Waals surface area (Å²) in [7, 11) is 0. The lowest BCUT2D eigenvalue weighted by molar-refractivity contribution is 0.177. The summed E-state index contributed by atoms with van der Waals surface area (Å²) in [5.41, 5.74) is 5.99. The van der Waals surface area contributed by atoms with E-state index in [-0.39, 0.29) is 11.0 Å². The molecule has 0 saturated carbocycles. The monoisotopic (exact) mass is 265 g/mol. The second-order valence-electron chi connectivity index (χ2n) is 5.88. The molecule has 0 amide bonds. The fraction of sp³-hybridized carbons (Fsp3) is 0.667. The molecule has 0 aliphatic carbocycles. The highest BCUT2D eigenvalue weighted by Gasteiger charge is 2.19. The first kappa shape index (κ1) is 15.9. The van der Waals surface area contributed by atoms with Crippen LogP contribution in [-0.2, 0) is 6.54 Å². The Hall–Kier alpha value is -1.13. The molecule has 1 aromatic rings. The Bertz CT molecular complexity index is 425. The number of hydrogen-bond donors (Lipinski definition) is 1. The Kier molecular flexibility index (Phi) is 6.25. The summed E-state index contributed by atoms with van der Waals surface area (Å²) in [4.78, 5) is 14.1. The minimum Gasteiger partial charge on any atom is -0.330 e. The third-order valence-electron chi connectivity index (χ3n) is 3.30. The van der Waals surface area contributed by atoms with E-state index >= 15 is 0 Å². The van der Waals surface area contributed by atoms with Crippen molar-refractivity contribution in [1.29, 1.82) is 0 Å². The highest BCUT2D eigenvalue weighted by atomic mass is 16.1. The molecule has 0 bridgehead atoms. The normalized spacial score (nSPS) is 12.1. The fourth-order valence-electron chi connectivity index (χ4n) is 2.15. The number of nitrogens with two attached hydrogens (primary N) is 1. The largest absolute Gasteiger partial charge is 0.330 e. The van der Waals surface area contributed by atoms with Crippen molar-refractivity contribution >= 4 is 0 Å². The molecule has 1 aromatic heterocycles. The summed E-state index contributed by atoms with van der Waals surface area (Å²) in [5, 5.41) is 0. The molecule has 108 valence electrons. The summed E-state index contributed by atoms with van der Waals surface area (Å²) in [6, 6.07) is 5.28. The molecule has 4 heteroatoms. The number of nitrogens with zero attached hydrogens (tertiary/aromatic N) is 2. The van der Waals surface area contributed by atoms with Crippen LogP contribution in [0.4, 0.5) is 0 Å². The highest BCUT2D eigenvalue weighted by molar-refractivity contribution is 4.93. The Balaban J connectivity index is 2.59. The van der Waals surface area contributed by atoms with E-state index < -0.39 is 0 Å². The second kappa shape index (κ2) is 7.46. The molecule has 19 heavy (non-hydrogen) atoms. The quantitative estimate of drug-likeness (QED) is 0.776. The first-order valence-electron chi connectivity index (χ1n) is 7.06. The van der Waals surface area contributed by atoms with Crippen molar-refractivity contribution < 1.29 is 0 Å². The van der Waals surface area contributed by atoms with E-state index in [1.165, 1.54) is 0 Å². The van der Waals surface area contributed by atoms with E-state index in [9.17, 15) is 4.79 Å². The number of hydrogen-bond acceptors (Lipinski definition) is 3. The van der Waals surface area contributed by atoms with Gasteiger partial charge in [-0.1, -0.05) is 26.8 Å². The van der Waals surface area contributed by atoms with Crippen molar-refractivity contribution in [3.63, 3.8) is 0 Å². The molecule has 1 rings (SSSR count). The van der Waals surface area contributed by atoms with Crippen molar-refractivity contribution in [2.45, 2.75) is 33.7 Å². The summed E-state index contributed by atoms with van der Waals surface area (Å²) in [6.07, 6.45) is 2.96. The van der Waals surface area contributed by atoms with Crippen LogP contribution in [0.1, 0.15) is 27.2 Å². The third-order valence-corrected chi connectivity index (χ3v) is 3.30. The summed E-state index contributed by atoms with van der Waals surface area (Å²) < 4.78 is 1.76. The van der Waals surface area contributed by atoms with Crippen molar-refractivity contribution in [1.82, 2.24) is 9.47 Å². The Morgan fingerprint density at radius 1 is 1.32 bits per heavy atom.